The van der Waals surface area contributed by atoms with Gasteiger partial charge < -0.3 is 19.5 Å². The van der Waals surface area contributed by atoms with Crippen molar-refractivity contribution in [3.05, 3.63) is 90.0 Å². The van der Waals surface area contributed by atoms with Crippen LogP contribution >= 0.6 is 0 Å². The van der Waals surface area contributed by atoms with Crippen LogP contribution in [-0.4, -0.2) is 25.2 Å². The van der Waals surface area contributed by atoms with E-state index >= 15 is 0 Å². The van der Waals surface area contributed by atoms with Crippen LogP contribution in [0, 0.1) is 0 Å². The van der Waals surface area contributed by atoms with Crippen LogP contribution < -0.4 is 14.8 Å². The second kappa shape index (κ2) is 9.94. The first-order valence-electron chi connectivity index (χ1n) is 10.2. The molecule has 5 heteroatoms. The Morgan fingerprint density at radius 3 is 2.53 bits per heavy atom. The minimum absolute atomic E-state index is 0.158. The van der Waals surface area contributed by atoms with E-state index in [1.54, 1.807) is 24.3 Å². The number of hydrogen-bond donors (Lipinski definition) is 1. The Morgan fingerprint density at radius 1 is 0.933 bits per heavy atom. The van der Waals surface area contributed by atoms with Crippen molar-refractivity contribution in [2.45, 2.75) is 25.6 Å². The molecule has 3 aromatic rings. The largest absolute Gasteiger partial charge is 0.491 e. The molecule has 154 valence electrons. The van der Waals surface area contributed by atoms with Crippen molar-refractivity contribution in [1.29, 1.82) is 0 Å². The molecular formula is C25H25NO4. The van der Waals surface area contributed by atoms with Gasteiger partial charge in [0.05, 0.1) is 6.10 Å². The van der Waals surface area contributed by atoms with Crippen LogP contribution in [0.2, 0.25) is 0 Å². The highest BCUT2D eigenvalue weighted by Gasteiger charge is 2.16. The lowest BCUT2D eigenvalue weighted by Gasteiger charge is -2.13. The quantitative estimate of drug-likeness (QED) is 0.570. The Balaban J connectivity index is 1.30. The zero-order valence-corrected chi connectivity index (χ0v) is 16.8. The van der Waals surface area contributed by atoms with Crippen LogP contribution in [0.15, 0.2) is 78.9 Å². The number of ether oxygens (including phenoxy) is 3. The molecule has 0 bridgehead atoms. The zero-order valence-electron chi connectivity index (χ0n) is 16.8. The van der Waals surface area contributed by atoms with Crippen molar-refractivity contribution < 1.29 is 19.0 Å². The number of nitrogens with one attached hydrogen (secondary N) is 1. The lowest BCUT2D eigenvalue weighted by molar-refractivity contribution is 0.0680. The SMILES string of the molecule is O=C(Nc1cccc(OCC2CCCO2)c1)c1ccc(OCc2ccccc2)cc1. The van der Waals surface area contributed by atoms with Gasteiger partial charge in [0, 0.05) is 23.9 Å². The van der Waals surface area contributed by atoms with E-state index in [4.69, 9.17) is 14.2 Å². The summed E-state index contributed by atoms with van der Waals surface area (Å²) >= 11 is 0. The summed E-state index contributed by atoms with van der Waals surface area (Å²) in [6, 6.07) is 24.5. The molecule has 0 aromatic heterocycles. The maximum Gasteiger partial charge on any atom is 0.255 e. The van der Waals surface area contributed by atoms with Crippen molar-refractivity contribution in [1.82, 2.24) is 0 Å². The molecule has 4 rings (SSSR count). The van der Waals surface area contributed by atoms with E-state index in [2.05, 4.69) is 5.32 Å². The van der Waals surface area contributed by atoms with E-state index in [1.807, 2.05) is 54.6 Å². The molecule has 1 N–H and O–H groups in total. The van der Waals surface area contributed by atoms with E-state index < -0.39 is 0 Å². The third kappa shape index (κ3) is 5.61. The molecule has 0 saturated carbocycles. The lowest BCUT2D eigenvalue weighted by Crippen LogP contribution is -2.16. The summed E-state index contributed by atoms with van der Waals surface area (Å²) in [5, 5.41) is 2.91. The minimum Gasteiger partial charge on any atom is -0.491 e. The predicted molar refractivity (Wildman–Crippen MR) is 116 cm³/mol. The van der Waals surface area contributed by atoms with Gasteiger partial charge in [0.1, 0.15) is 24.7 Å². The first-order valence-corrected chi connectivity index (χ1v) is 10.2. The Morgan fingerprint density at radius 2 is 1.77 bits per heavy atom. The Kier molecular flexibility index (Phi) is 6.62. The molecule has 30 heavy (non-hydrogen) atoms. The van der Waals surface area contributed by atoms with E-state index in [9.17, 15) is 4.79 Å². The second-order valence-corrected chi connectivity index (χ2v) is 7.23. The molecular weight excluding hydrogens is 378 g/mol. The Labute approximate surface area is 176 Å². The van der Waals surface area contributed by atoms with Gasteiger partial charge in [-0.15, -0.1) is 0 Å². The number of hydrogen-bond acceptors (Lipinski definition) is 4. The maximum absolute atomic E-state index is 12.6. The maximum atomic E-state index is 12.6. The first kappa shape index (κ1) is 20.0. The van der Waals surface area contributed by atoms with Crippen LogP contribution in [0.25, 0.3) is 0 Å². The molecule has 1 heterocycles. The van der Waals surface area contributed by atoms with Gasteiger partial charge in [-0.2, -0.15) is 0 Å². The van der Waals surface area contributed by atoms with Crippen molar-refractivity contribution in [2.75, 3.05) is 18.5 Å². The van der Waals surface area contributed by atoms with Crippen LogP contribution in [-0.2, 0) is 11.3 Å². The molecule has 0 aliphatic carbocycles. The molecule has 0 radical (unpaired) electrons. The van der Waals surface area contributed by atoms with Gasteiger partial charge in [-0.25, -0.2) is 0 Å². The van der Waals surface area contributed by atoms with E-state index in [0.29, 0.717) is 30.2 Å². The molecule has 1 unspecified atom stereocenters. The monoisotopic (exact) mass is 403 g/mol. The standard InChI is InChI=1S/C25H25NO4/c27-25(20-11-13-22(14-12-20)29-17-19-6-2-1-3-7-19)26-21-8-4-9-23(16-21)30-18-24-10-5-15-28-24/h1-4,6-9,11-14,16,24H,5,10,15,17-18H2,(H,26,27). The molecule has 5 nitrogen and oxygen atoms in total. The Bertz CT molecular complexity index is 950. The zero-order chi connectivity index (χ0) is 20.6. The summed E-state index contributed by atoms with van der Waals surface area (Å²) in [4.78, 5) is 12.6. The minimum atomic E-state index is -0.180. The van der Waals surface area contributed by atoms with Gasteiger partial charge in [-0.1, -0.05) is 36.4 Å². The normalized spacial score (nSPS) is 15.5. The van der Waals surface area contributed by atoms with Crippen LogP contribution in [0.3, 0.4) is 0 Å². The van der Waals surface area contributed by atoms with Crippen molar-refractivity contribution in [3.63, 3.8) is 0 Å². The highest BCUT2D eigenvalue weighted by Crippen LogP contribution is 2.21. The molecule has 1 atom stereocenters. The fourth-order valence-corrected chi connectivity index (χ4v) is 3.28. The van der Waals surface area contributed by atoms with Gasteiger partial charge in [0.2, 0.25) is 0 Å². The molecule has 1 saturated heterocycles. The third-order valence-electron chi connectivity index (χ3n) is 4.92. The predicted octanol–water partition coefficient (Wildman–Crippen LogP) is 5.08. The summed E-state index contributed by atoms with van der Waals surface area (Å²) in [5.41, 5.74) is 2.35. The van der Waals surface area contributed by atoms with Crippen LogP contribution in [0.4, 0.5) is 5.69 Å². The molecule has 1 aliphatic heterocycles. The summed E-state index contributed by atoms with van der Waals surface area (Å²) in [7, 11) is 0. The highest BCUT2D eigenvalue weighted by atomic mass is 16.5. The average Bonchev–Trinajstić information content (AvgIpc) is 3.31. The smallest absolute Gasteiger partial charge is 0.255 e. The molecule has 0 spiro atoms. The third-order valence-corrected chi connectivity index (χ3v) is 4.92. The fourth-order valence-electron chi connectivity index (χ4n) is 3.28. The molecule has 1 amide bonds. The summed E-state index contributed by atoms with van der Waals surface area (Å²) in [6.45, 7) is 1.83. The summed E-state index contributed by atoms with van der Waals surface area (Å²) in [6.07, 6.45) is 2.27. The Hall–Kier alpha value is -3.31. The summed E-state index contributed by atoms with van der Waals surface area (Å²) < 4.78 is 17.1. The highest BCUT2D eigenvalue weighted by molar-refractivity contribution is 6.04. The number of anilines is 1. The van der Waals surface area contributed by atoms with E-state index in [0.717, 1.165) is 30.8 Å². The number of carbonyl (C=O) groups is 1. The van der Waals surface area contributed by atoms with Crippen LogP contribution in [0.1, 0.15) is 28.8 Å². The number of carbonyl (C=O) groups excluding carboxylic acids is 1. The van der Waals surface area contributed by atoms with Crippen molar-refractivity contribution in [2.24, 2.45) is 0 Å². The molecule has 1 fully saturated rings. The van der Waals surface area contributed by atoms with E-state index in [-0.39, 0.29) is 12.0 Å². The number of benzene rings is 3. The fraction of sp³-hybridized carbons (Fsp3) is 0.240. The van der Waals surface area contributed by atoms with Crippen molar-refractivity contribution in [3.8, 4) is 11.5 Å². The average molecular weight is 403 g/mol. The van der Waals surface area contributed by atoms with Gasteiger partial charge in [0.15, 0.2) is 0 Å². The topological polar surface area (TPSA) is 56.8 Å². The van der Waals surface area contributed by atoms with Crippen molar-refractivity contribution >= 4 is 11.6 Å². The number of rotatable bonds is 8. The number of amides is 1. The summed E-state index contributed by atoms with van der Waals surface area (Å²) in [5.74, 6) is 1.26. The van der Waals surface area contributed by atoms with Gasteiger partial charge in [0.25, 0.3) is 5.91 Å². The second-order valence-electron chi connectivity index (χ2n) is 7.23. The first-order chi connectivity index (χ1) is 14.8. The van der Waals surface area contributed by atoms with Gasteiger partial charge >= 0.3 is 0 Å². The molecule has 3 aromatic carbocycles. The van der Waals surface area contributed by atoms with Gasteiger partial charge in [-0.3, -0.25) is 4.79 Å². The van der Waals surface area contributed by atoms with Gasteiger partial charge in [-0.05, 0) is 54.8 Å². The lowest BCUT2D eigenvalue weighted by atomic mass is 10.2. The molecule has 1 aliphatic rings. The van der Waals surface area contributed by atoms with E-state index in [1.165, 1.54) is 0 Å². The van der Waals surface area contributed by atoms with Crippen LogP contribution in [0.5, 0.6) is 11.5 Å².